The van der Waals surface area contributed by atoms with E-state index in [0.29, 0.717) is 25.3 Å². The zero-order valence-corrected chi connectivity index (χ0v) is 16.7. The second-order valence-electron chi connectivity index (χ2n) is 6.45. The zero-order chi connectivity index (χ0) is 23.1. The highest BCUT2D eigenvalue weighted by Crippen LogP contribution is 2.28. The number of benzene rings is 1. The van der Waals surface area contributed by atoms with Gasteiger partial charge in [-0.2, -0.15) is 17.5 Å². The molecule has 3 aromatic rings. The van der Waals surface area contributed by atoms with Crippen LogP contribution in [0.5, 0.6) is 0 Å². The van der Waals surface area contributed by atoms with Crippen LogP contribution in [0.25, 0.3) is 15.8 Å². The van der Waals surface area contributed by atoms with Crippen molar-refractivity contribution in [3.63, 3.8) is 0 Å². The van der Waals surface area contributed by atoms with E-state index in [-0.39, 0.29) is 17.8 Å². The number of aliphatic carboxylic acids is 1. The van der Waals surface area contributed by atoms with Crippen LogP contribution in [0.3, 0.4) is 0 Å². The molecule has 0 aliphatic carbocycles. The van der Waals surface area contributed by atoms with Gasteiger partial charge in [-0.05, 0) is 29.7 Å². The lowest BCUT2D eigenvalue weighted by molar-refractivity contribution is -0.310. The molecule has 0 aliphatic rings. The molecule has 0 radical (unpaired) electrons. The number of carbonyl (C=O) groups excluding carboxylic acids is 2. The fraction of sp³-hybridized carbons (Fsp3) is 0.278. The summed E-state index contributed by atoms with van der Waals surface area (Å²) in [6, 6.07) is 4.44. The summed E-state index contributed by atoms with van der Waals surface area (Å²) in [4.78, 5) is 47.7. The summed E-state index contributed by atoms with van der Waals surface area (Å²) in [5.41, 5.74) is -3.69. The molecule has 0 amide bonds. The van der Waals surface area contributed by atoms with Gasteiger partial charge in [-0.25, -0.2) is 9.36 Å². The molecule has 0 aliphatic heterocycles. The Balaban J connectivity index is 2.15. The van der Waals surface area contributed by atoms with Crippen molar-refractivity contribution in [2.45, 2.75) is 12.6 Å². The fourth-order valence-electron chi connectivity index (χ4n) is 3.00. The molecule has 1 aromatic carbocycles. The van der Waals surface area contributed by atoms with E-state index in [1.165, 1.54) is 18.2 Å². The lowest BCUT2D eigenvalue weighted by Crippen LogP contribution is -2.40. The largest absolute Gasteiger partial charge is 0.549 e. The second kappa shape index (κ2) is 7.98. The summed E-state index contributed by atoms with van der Waals surface area (Å²) in [6.07, 6.45) is -5.27. The lowest BCUT2D eigenvalue weighted by atomic mass is 10.0. The number of rotatable bonds is 5. The molecule has 3 rings (SSSR count). The van der Waals surface area contributed by atoms with Crippen LogP contribution in [0, 0.1) is 5.92 Å². The Labute approximate surface area is 175 Å². The maximum absolute atomic E-state index is 13.0. The third kappa shape index (κ3) is 4.08. The zero-order valence-electron chi connectivity index (χ0n) is 15.9. The molecule has 0 saturated heterocycles. The number of fused-ring (bicyclic) bond motifs is 1. The molecule has 1 atom stereocenters. The normalized spacial score (nSPS) is 12.7. The number of ether oxygens (including phenoxy) is 1. The molecule has 1 unspecified atom stereocenters. The van der Waals surface area contributed by atoms with E-state index in [1.54, 1.807) is 0 Å². The average Bonchev–Trinajstić information content (AvgIpc) is 3.09. The predicted molar refractivity (Wildman–Crippen MR) is 99.7 cm³/mol. The van der Waals surface area contributed by atoms with Crippen LogP contribution in [-0.2, 0) is 34.0 Å². The number of carboxylic acid groups (broad SMARTS) is 1. The Morgan fingerprint density at radius 2 is 1.94 bits per heavy atom. The summed E-state index contributed by atoms with van der Waals surface area (Å²) < 4.78 is 49.1. The van der Waals surface area contributed by atoms with Gasteiger partial charge in [0.2, 0.25) is 0 Å². The van der Waals surface area contributed by atoms with Crippen molar-refractivity contribution in [2.75, 3.05) is 7.11 Å². The average molecular weight is 456 g/mol. The van der Waals surface area contributed by atoms with Gasteiger partial charge in [0.1, 0.15) is 11.6 Å². The van der Waals surface area contributed by atoms with Crippen LogP contribution in [0.4, 0.5) is 13.2 Å². The third-order valence-electron chi connectivity index (χ3n) is 4.56. The van der Waals surface area contributed by atoms with Crippen molar-refractivity contribution in [1.29, 1.82) is 0 Å². The highest BCUT2D eigenvalue weighted by Gasteiger charge is 2.35. The van der Waals surface area contributed by atoms with E-state index in [1.807, 2.05) is 0 Å². The number of hydrogen-bond donors (Lipinski definition) is 0. The van der Waals surface area contributed by atoms with Crippen LogP contribution in [0.2, 0.25) is 0 Å². The number of halogens is 3. The summed E-state index contributed by atoms with van der Waals surface area (Å²) in [7, 11) is 1.90. The second-order valence-corrected chi connectivity index (χ2v) is 7.26. The van der Waals surface area contributed by atoms with Gasteiger partial charge in [0.25, 0.3) is 5.56 Å². The highest BCUT2D eigenvalue weighted by molar-refractivity contribution is 7.13. The number of carbonyl (C=O) groups is 2. The van der Waals surface area contributed by atoms with Crippen molar-refractivity contribution in [1.82, 2.24) is 13.5 Å². The summed E-state index contributed by atoms with van der Waals surface area (Å²) >= 11 is 0.973. The quantitative estimate of drug-likeness (QED) is 0.398. The smallest absolute Gasteiger partial charge is 0.431 e. The summed E-state index contributed by atoms with van der Waals surface area (Å²) in [5, 5.41) is 11.6. The Morgan fingerprint density at radius 3 is 2.52 bits per heavy atom. The number of aromatic nitrogens is 3. The standard InChI is InChI=1S/C18H14F3N3O6S/c1-23-13(18(19,20)21)7-14(25)24(17(23)29)8-3-4-12-9(5-8)11(22-31-12)6-10(15(26)27)16(28)30-2/h3-5,7,10H,6H2,1-2H3,(H,26,27)/p-1. The Hall–Kier alpha value is -3.48. The Morgan fingerprint density at radius 1 is 1.26 bits per heavy atom. The van der Waals surface area contributed by atoms with Crippen LogP contribution in [0.15, 0.2) is 33.9 Å². The van der Waals surface area contributed by atoms with E-state index in [4.69, 9.17) is 0 Å². The Bertz CT molecular complexity index is 1310. The molecule has 2 heterocycles. The van der Waals surface area contributed by atoms with Crippen LogP contribution >= 0.6 is 11.5 Å². The highest BCUT2D eigenvalue weighted by atomic mass is 32.1. The van der Waals surface area contributed by atoms with Gasteiger partial charge in [0, 0.05) is 24.9 Å². The summed E-state index contributed by atoms with van der Waals surface area (Å²) in [5.74, 6) is -4.34. The maximum Gasteiger partial charge on any atom is 0.431 e. The first-order valence-electron chi connectivity index (χ1n) is 8.53. The molecule has 13 heteroatoms. The topological polar surface area (TPSA) is 123 Å². The SMILES string of the molecule is COC(=O)C(Cc1nsc2ccc(-n3c(=O)cc(C(F)(F)F)n(C)c3=O)cc12)C(=O)[O-]. The molecule has 0 fully saturated rings. The number of alkyl halides is 3. The Kier molecular flexibility index (Phi) is 5.72. The number of nitrogens with zero attached hydrogens (tertiary/aromatic N) is 3. The maximum atomic E-state index is 13.0. The first-order valence-corrected chi connectivity index (χ1v) is 9.30. The third-order valence-corrected chi connectivity index (χ3v) is 5.43. The number of carboxylic acids is 1. The van der Waals surface area contributed by atoms with Crippen molar-refractivity contribution in [2.24, 2.45) is 13.0 Å². The van der Waals surface area contributed by atoms with Crippen molar-refractivity contribution < 1.29 is 32.6 Å². The molecule has 31 heavy (non-hydrogen) atoms. The molecular weight excluding hydrogens is 443 g/mol. The summed E-state index contributed by atoms with van der Waals surface area (Å²) in [6.45, 7) is 0. The minimum atomic E-state index is -4.89. The predicted octanol–water partition coefficient (Wildman–Crippen LogP) is 0.246. The van der Waals surface area contributed by atoms with Gasteiger partial charge in [0.15, 0.2) is 0 Å². The van der Waals surface area contributed by atoms with Gasteiger partial charge in [-0.1, -0.05) is 0 Å². The molecule has 0 bridgehead atoms. The van der Waals surface area contributed by atoms with E-state index < -0.39 is 41.0 Å². The monoisotopic (exact) mass is 456 g/mol. The molecule has 9 nitrogen and oxygen atoms in total. The number of methoxy groups -OCH3 is 1. The first kappa shape index (κ1) is 22.2. The lowest BCUT2D eigenvalue weighted by Gasteiger charge is -2.15. The number of hydrogen-bond acceptors (Lipinski definition) is 8. The van der Waals surface area contributed by atoms with Crippen molar-refractivity contribution in [3.8, 4) is 5.69 Å². The molecule has 0 spiro atoms. The van der Waals surface area contributed by atoms with Crippen LogP contribution < -0.4 is 16.4 Å². The van der Waals surface area contributed by atoms with E-state index in [0.717, 1.165) is 25.7 Å². The van der Waals surface area contributed by atoms with Crippen molar-refractivity contribution >= 4 is 33.6 Å². The molecule has 0 saturated carbocycles. The van der Waals surface area contributed by atoms with E-state index in [9.17, 15) is 37.5 Å². The molecule has 2 aromatic heterocycles. The van der Waals surface area contributed by atoms with Crippen LogP contribution in [-0.4, -0.2) is 32.6 Å². The van der Waals surface area contributed by atoms with Crippen molar-refractivity contribution in [3.05, 3.63) is 56.5 Å². The molecule has 0 N–H and O–H groups in total. The van der Waals surface area contributed by atoms with E-state index in [2.05, 4.69) is 9.11 Å². The van der Waals surface area contributed by atoms with Gasteiger partial charge < -0.3 is 14.6 Å². The van der Waals surface area contributed by atoms with Gasteiger partial charge in [-0.3, -0.25) is 14.2 Å². The van der Waals surface area contributed by atoms with Gasteiger partial charge in [0.05, 0.1) is 29.2 Å². The van der Waals surface area contributed by atoms with E-state index >= 15 is 0 Å². The number of esters is 1. The van der Waals surface area contributed by atoms with Gasteiger partial charge in [-0.15, -0.1) is 0 Å². The molecular formula is C18H13F3N3O6S-. The molecule has 164 valence electrons. The minimum absolute atomic E-state index is 0.0451. The fourth-order valence-corrected chi connectivity index (χ4v) is 3.78. The minimum Gasteiger partial charge on any atom is -0.549 e. The first-order chi connectivity index (χ1) is 14.5. The van der Waals surface area contributed by atoms with Gasteiger partial charge >= 0.3 is 17.8 Å². The van der Waals surface area contributed by atoms with Crippen LogP contribution in [0.1, 0.15) is 11.4 Å².